The second kappa shape index (κ2) is 5.53. The standard InChI is InChI=1S/C15H22N2O/c1-11-14(9-10-16-11)15(18)17(3)12(2)13-7-5-4-6-8-13/h4-8,11-12,14,16H,9-10H2,1-3H3. The number of rotatable bonds is 3. The van der Waals surface area contributed by atoms with Crippen LogP contribution in [0.5, 0.6) is 0 Å². The van der Waals surface area contributed by atoms with Gasteiger partial charge in [0, 0.05) is 13.1 Å². The molecular formula is C15H22N2O. The van der Waals surface area contributed by atoms with Crippen molar-refractivity contribution in [3.8, 4) is 0 Å². The maximum absolute atomic E-state index is 12.5. The fourth-order valence-electron chi connectivity index (χ4n) is 2.60. The first kappa shape index (κ1) is 13.1. The number of nitrogens with one attached hydrogen (secondary N) is 1. The summed E-state index contributed by atoms with van der Waals surface area (Å²) in [6.45, 7) is 5.13. The number of carbonyl (C=O) groups is 1. The molecule has 1 fully saturated rings. The SMILES string of the molecule is CC1NCCC1C(=O)N(C)C(C)c1ccccc1. The fourth-order valence-corrected chi connectivity index (χ4v) is 2.60. The van der Waals surface area contributed by atoms with Gasteiger partial charge in [0.15, 0.2) is 0 Å². The van der Waals surface area contributed by atoms with Crippen molar-refractivity contribution in [2.75, 3.05) is 13.6 Å². The fraction of sp³-hybridized carbons (Fsp3) is 0.533. The minimum absolute atomic E-state index is 0.126. The van der Waals surface area contributed by atoms with Crippen molar-refractivity contribution in [3.05, 3.63) is 35.9 Å². The molecule has 3 atom stereocenters. The van der Waals surface area contributed by atoms with Crippen molar-refractivity contribution in [1.82, 2.24) is 10.2 Å². The molecule has 0 radical (unpaired) electrons. The predicted molar refractivity (Wildman–Crippen MR) is 73.2 cm³/mol. The molecule has 98 valence electrons. The molecule has 3 unspecified atom stereocenters. The van der Waals surface area contributed by atoms with Gasteiger partial charge in [-0.15, -0.1) is 0 Å². The van der Waals surface area contributed by atoms with Gasteiger partial charge in [-0.3, -0.25) is 4.79 Å². The Morgan fingerprint density at radius 3 is 2.61 bits per heavy atom. The zero-order valence-corrected chi connectivity index (χ0v) is 11.4. The predicted octanol–water partition coefficient (Wildman–Crippen LogP) is 2.20. The number of nitrogens with zero attached hydrogens (tertiary/aromatic N) is 1. The number of hydrogen-bond acceptors (Lipinski definition) is 2. The highest BCUT2D eigenvalue weighted by Crippen LogP contribution is 2.24. The summed E-state index contributed by atoms with van der Waals surface area (Å²) in [7, 11) is 1.91. The van der Waals surface area contributed by atoms with Gasteiger partial charge in [-0.1, -0.05) is 30.3 Å². The third-order valence-corrected chi connectivity index (χ3v) is 4.05. The highest BCUT2D eigenvalue weighted by Gasteiger charge is 2.32. The number of benzene rings is 1. The molecule has 2 rings (SSSR count). The van der Waals surface area contributed by atoms with Crippen molar-refractivity contribution in [2.24, 2.45) is 5.92 Å². The summed E-state index contributed by atoms with van der Waals surface area (Å²) in [5.41, 5.74) is 1.19. The zero-order valence-electron chi connectivity index (χ0n) is 11.4. The molecule has 1 aliphatic rings. The van der Waals surface area contributed by atoms with Crippen LogP contribution in [0.15, 0.2) is 30.3 Å². The van der Waals surface area contributed by atoms with Crippen LogP contribution in [-0.2, 0) is 4.79 Å². The Hall–Kier alpha value is -1.35. The van der Waals surface area contributed by atoms with Crippen LogP contribution in [0, 0.1) is 5.92 Å². The molecule has 1 amide bonds. The quantitative estimate of drug-likeness (QED) is 0.887. The van der Waals surface area contributed by atoms with Crippen LogP contribution in [0.25, 0.3) is 0 Å². The third-order valence-electron chi connectivity index (χ3n) is 4.05. The van der Waals surface area contributed by atoms with Gasteiger partial charge in [0.05, 0.1) is 12.0 Å². The molecule has 0 saturated carbocycles. The normalized spacial score (nSPS) is 24.8. The Labute approximate surface area is 109 Å². The first-order chi connectivity index (χ1) is 8.61. The minimum atomic E-state index is 0.126. The third kappa shape index (κ3) is 2.56. The first-order valence-corrected chi connectivity index (χ1v) is 6.66. The van der Waals surface area contributed by atoms with Crippen LogP contribution in [0.2, 0.25) is 0 Å². The van der Waals surface area contributed by atoms with E-state index in [1.165, 1.54) is 5.56 Å². The van der Waals surface area contributed by atoms with E-state index in [-0.39, 0.29) is 17.9 Å². The van der Waals surface area contributed by atoms with Crippen LogP contribution < -0.4 is 5.32 Å². The average molecular weight is 246 g/mol. The number of carbonyl (C=O) groups excluding carboxylic acids is 1. The Morgan fingerprint density at radius 2 is 2.06 bits per heavy atom. The summed E-state index contributed by atoms with van der Waals surface area (Å²) >= 11 is 0. The van der Waals surface area contributed by atoms with Crippen molar-refractivity contribution in [3.63, 3.8) is 0 Å². The molecule has 1 aliphatic heterocycles. The molecule has 0 bridgehead atoms. The second-order valence-electron chi connectivity index (χ2n) is 5.17. The number of hydrogen-bond donors (Lipinski definition) is 1. The van der Waals surface area contributed by atoms with Gasteiger partial charge in [0.1, 0.15) is 0 Å². The van der Waals surface area contributed by atoms with Gasteiger partial charge < -0.3 is 10.2 Å². The highest BCUT2D eigenvalue weighted by atomic mass is 16.2. The minimum Gasteiger partial charge on any atom is -0.339 e. The van der Waals surface area contributed by atoms with E-state index >= 15 is 0 Å². The molecular weight excluding hydrogens is 224 g/mol. The lowest BCUT2D eigenvalue weighted by Crippen LogP contribution is -2.39. The van der Waals surface area contributed by atoms with Crippen molar-refractivity contribution >= 4 is 5.91 Å². The molecule has 0 spiro atoms. The van der Waals surface area contributed by atoms with Crippen molar-refractivity contribution in [2.45, 2.75) is 32.4 Å². The molecule has 1 aromatic carbocycles. The molecule has 0 aliphatic carbocycles. The summed E-state index contributed by atoms with van der Waals surface area (Å²) in [5.74, 6) is 0.380. The molecule has 1 saturated heterocycles. The van der Waals surface area contributed by atoms with E-state index in [1.807, 2.05) is 30.1 Å². The van der Waals surface area contributed by atoms with E-state index in [0.717, 1.165) is 13.0 Å². The van der Waals surface area contributed by atoms with Gasteiger partial charge in [-0.25, -0.2) is 0 Å². The molecule has 3 nitrogen and oxygen atoms in total. The monoisotopic (exact) mass is 246 g/mol. The van der Waals surface area contributed by atoms with Crippen LogP contribution in [0.3, 0.4) is 0 Å². The lowest BCUT2D eigenvalue weighted by molar-refractivity contribution is -0.136. The van der Waals surface area contributed by atoms with Crippen LogP contribution in [0.4, 0.5) is 0 Å². The first-order valence-electron chi connectivity index (χ1n) is 6.66. The molecule has 1 N–H and O–H groups in total. The Bertz CT molecular complexity index is 404. The largest absolute Gasteiger partial charge is 0.339 e. The Morgan fingerprint density at radius 1 is 1.39 bits per heavy atom. The maximum atomic E-state index is 12.5. The summed E-state index contributed by atoms with van der Waals surface area (Å²) in [6, 6.07) is 10.6. The maximum Gasteiger partial charge on any atom is 0.227 e. The van der Waals surface area contributed by atoms with Gasteiger partial charge in [-0.2, -0.15) is 0 Å². The Balaban J connectivity index is 2.07. The molecule has 3 heteroatoms. The van der Waals surface area contributed by atoms with E-state index < -0.39 is 0 Å². The smallest absolute Gasteiger partial charge is 0.227 e. The van der Waals surface area contributed by atoms with Gasteiger partial charge >= 0.3 is 0 Å². The molecule has 1 aromatic rings. The lowest BCUT2D eigenvalue weighted by Gasteiger charge is -2.29. The summed E-state index contributed by atoms with van der Waals surface area (Å²) in [5, 5.41) is 3.34. The summed E-state index contributed by atoms with van der Waals surface area (Å²) in [6.07, 6.45) is 0.950. The van der Waals surface area contributed by atoms with Crippen LogP contribution >= 0.6 is 0 Å². The van der Waals surface area contributed by atoms with E-state index in [1.54, 1.807) is 0 Å². The van der Waals surface area contributed by atoms with Crippen molar-refractivity contribution < 1.29 is 4.79 Å². The summed E-state index contributed by atoms with van der Waals surface area (Å²) in [4.78, 5) is 14.3. The molecule has 0 aromatic heterocycles. The van der Waals surface area contributed by atoms with Crippen molar-refractivity contribution in [1.29, 1.82) is 0 Å². The molecule has 18 heavy (non-hydrogen) atoms. The van der Waals surface area contributed by atoms with Crippen LogP contribution in [-0.4, -0.2) is 30.4 Å². The Kier molecular flexibility index (Phi) is 4.02. The van der Waals surface area contributed by atoms with Gasteiger partial charge in [0.25, 0.3) is 0 Å². The topological polar surface area (TPSA) is 32.3 Å². The lowest BCUT2D eigenvalue weighted by atomic mass is 9.98. The van der Waals surface area contributed by atoms with E-state index in [9.17, 15) is 4.79 Å². The van der Waals surface area contributed by atoms with E-state index in [0.29, 0.717) is 6.04 Å². The van der Waals surface area contributed by atoms with E-state index in [4.69, 9.17) is 0 Å². The van der Waals surface area contributed by atoms with Gasteiger partial charge in [0.2, 0.25) is 5.91 Å². The molecule has 1 heterocycles. The highest BCUT2D eigenvalue weighted by molar-refractivity contribution is 5.80. The average Bonchev–Trinajstić information content (AvgIpc) is 2.83. The number of amides is 1. The van der Waals surface area contributed by atoms with Crippen LogP contribution in [0.1, 0.15) is 31.9 Å². The van der Waals surface area contributed by atoms with Gasteiger partial charge in [-0.05, 0) is 32.4 Å². The van der Waals surface area contributed by atoms with E-state index in [2.05, 4.69) is 31.3 Å². The summed E-state index contributed by atoms with van der Waals surface area (Å²) < 4.78 is 0. The second-order valence-corrected chi connectivity index (χ2v) is 5.17. The zero-order chi connectivity index (χ0) is 13.1.